The average molecular weight is 242 g/mol. The van der Waals surface area contributed by atoms with Crippen molar-refractivity contribution in [3.05, 3.63) is 35.9 Å². The lowest BCUT2D eigenvalue weighted by Gasteiger charge is -2.39. The van der Waals surface area contributed by atoms with Crippen molar-refractivity contribution in [2.45, 2.75) is 44.1 Å². The molecule has 0 bridgehead atoms. The van der Waals surface area contributed by atoms with Crippen LogP contribution in [-0.2, 0) is 9.53 Å². The highest BCUT2D eigenvalue weighted by Gasteiger charge is 2.43. The van der Waals surface area contributed by atoms with Gasteiger partial charge in [-0.2, -0.15) is 0 Å². The topological polar surface area (TPSA) is 26.3 Å². The Bertz CT molecular complexity index is 458. The highest BCUT2D eigenvalue weighted by molar-refractivity contribution is 5.67. The quantitative estimate of drug-likeness (QED) is 0.587. The van der Waals surface area contributed by atoms with E-state index in [0.717, 1.165) is 31.2 Å². The summed E-state index contributed by atoms with van der Waals surface area (Å²) in [5.74, 6) is 2.57. The Balaban J connectivity index is 2.36. The van der Waals surface area contributed by atoms with E-state index in [0.29, 0.717) is 0 Å². The molecule has 0 saturated heterocycles. The molecule has 2 heteroatoms. The maximum Gasteiger partial charge on any atom is 0.304 e. The summed E-state index contributed by atoms with van der Waals surface area (Å²) in [4.78, 5) is 11.3. The zero-order valence-electron chi connectivity index (χ0n) is 10.7. The molecule has 0 radical (unpaired) electrons. The molecule has 0 spiro atoms. The molecule has 1 fully saturated rings. The van der Waals surface area contributed by atoms with E-state index in [9.17, 15) is 4.79 Å². The van der Waals surface area contributed by atoms with Gasteiger partial charge in [-0.15, -0.1) is 6.42 Å². The van der Waals surface area contributed by atoms with Crippen molar-refractivity contribution < 1.29 is 9.53 Å². The van der Waals surface area contributed by atoms with Gasteiger partial charge in [-0.3, -0.25) is 4.79 Å². The molecule has 2 nitrogen and oxygen atoms in total. The maximum atomic E-state index is 11.3. The fourth-order valence-corrected chi connectivity index (χ4v) is 2.85. The van der Waals surface area contributed by atoms with Gasteiger partial charge in [0.25, 0.3) is 0 Å². The number of rotatable bonds is 2. The summed E-state index contributed by atoms with van der Waals surface area (Å²) in [6.45, 7) is 1.43. The summed E-state index contributed by atoms with van der Waals surface area (Å²) in [6.07, 6.45) is 9.56. The molecular formula is C16H18O2. The van der Waals surface area contributed by atoms with E-state index in [1.54, 1.807) is 0 Å². The number of ether oxygens (including phenoxy) is 1. The van der Waals surface area contributed by atoms with Gasteiger partial charge in [0.1, 0.15) is 0 Å². The molecule has 2 atom stereocenters. The minimum Gasteiger partial charge on any atom is -0.445 e. The molecule has 1 saturated carbocycles. The van der Waals surface area contributed by atoms with E-state index in [1.807, 2.05) is 18.2 Å². The molecule has 94 valence electrons. The van der Waals surface area contributed by atoms with Crippen molar-refractivity contribution in [3.63, 3.8) is 0 Å². The second kappa shape index (κ2) is 5.27. The molecule has 0 N–H and O–H groups in total. The molecule has 18 heavy (non-hydrogen) atoms. The summed E-state index contributed by atoms with van der Waals surface area (Å²) in [5, 5.41) is 0. The van der Waals surface area contributed by atoms with Gasteiger partial charge in [-0.1, -0.05) is 42.7 Å². The van der Waals surface area contributed by atoms with Gasteiger partial charge in [0, 0.05) is 12.8 Å². The number of benzene rings is 1. The third-order valence-corrected chi connectivity index (χ3v) is 3.63. The lowest BCUT2D eigenvalue weighted by atomic mass is 9.72. The van der Waals surface area contributed by atoms with E-state index < -0.39 is 5.60 Å². The van der Waals surface area contributed by atoms with Gasteiger partial charge in [-0.05, 0) is 24.8 Å². The molecular weight excluding hydrogens is 224 g/mol. The van der Waals surface area contributed by atoms with Crippen molar-refractivity contribution in [3.8, 4) is 12.3 Å². The van der Waals surface area contributed by atoms with Crippen molar-refractivity contribution in [1.82, 2.24) is 0 Å². The van der Waals surface area contributed by atoms with E-state index in [-0.39, 0.29) is 11.9 Å². The second-order valence-electron chi connectivity index (χ2n) is 4.84. The Hall–Kier alpha value is -1.75. The van der Waals surface area contributed by atoms with E-state index in [1.165, 1.54) is 6.92 Å². The van der Waals surface area contributed by atoms with Crippen LogP contribution in [0.2, 0.25) is 0 Å². The predicted molar refractivity (Wildman–Crippen MR) is 71.0 cm³/mol. The van der Waals surface area contributed by atoms with Gasteiger partial charge in [0.05, 0.1) is 0 Å². The smallest absolute Gasteiger partial charge is 0.304 e. The number of esters is 1. The largest absolute Gasteiger partial charge is 0.445 e. The monoisotopic (exact) mass is 242 g/mol. The molecule has 2 unspecified atom stereocenters. The standard InChI is InChI=1S/C16H18O2/c1-3-16(18-13(2)17)12-8-7-11-15(16)14-9-5-4-6-10-14/h1,4-6,9-10,15H,7-8,11-12H2,2H3. The normalized spacial score (nSPS) is 27.2. The van der Waals surface area contributed by atoms with Crippen LogP contribution in [0.1, 0.15) is 44.1 Å². The van der Waals surface area contributed by atoms with Crippen LogP contribution in [0.4, 0.5) is 0 Å². The summed E-state index contributed by atoms with van der Waals surface area (Å²) < 4.78 is 5.52. The van der Waals surface area contributed by atoms with Gasteiger partial charge < -0.3 is 4.74 Å². The first-order valence-corrected chi connectivity index (χ1v) is 6.40. The molecule has 0 aromatic heterocycles. The lowest BCUT2D eigenvalue weighted by molar-refractivity contribution is -0.155. The van der Waals surface area contributed by atoms with E-state index in [2.05, 4.69) is 18.1 Å². The van der Waals surface area contributed by atoms with Crippen molar-refractivity contribution in [2.24, 2.45) is 0 Å². The fourth-order valence-electron chi connectivity index (χ4n) is 2.85. The molecule has 0 amide bonds. The molecule has 2 rings (SSSR count). The Labute approximate surface area is 108 Å². The Kier molecular flexibility index (Phi) is 3.72. The van der Waals surface area contributed by atoms with Gasteiger partial charge in [0.2, 0.25) is 0 Å². The molecule has 1 aliphatic rings. The fraction of sp³-hybridized carbons (Fsp3) is 0.438. The minimum absolute atomic E-state index is 0.112. The van der Waals surface area contributed by atoms with Crippen LogP contribution in [0.3, 0.4) is 0 Å². The number of terminal acetylenes is 1. The lowest BCUT2D eigenvalue weighted by Crippen LogP contribution is -2.41. The van der Waals surface area contributed by atoms with Crippen LogP contribution in [-0.4, -0.2) is 11.6 Å². The highest BCUT2D eigenvalue weighted by Crippen LogP contribution is 2.43. The molecule has 1 aliphatic carbocycles. The average Bonchev–Trinajstić information content (AvgIpc) is 2.39. The highest BCUT2D eigenvalue weighted by atomic mass is 16.6. The van der Waals surface area contributed by atoms with Gasteiger partial charge in [-0.25, -0.2) is 0 Å². The number of hydrogen-bond acceptors (Lipinski definition) is 2. The number of carbonyl (C=O) groups is 1. The first kappa shape index (κ1) is 12.7. The third kappa shape index (κ3) is 2.41. The van der Waals surface area contributed by atoms with Crippen molar-refractivity contribution >= 4 is 5.97 Å². The summed E-state index contributed by atoms with van der Waals surface area (Å²) in [5.41, 5.74) is 0.405. The zero-order chi connectivity index (χ0) is 13.0. The molecule has 1 aromatic carbocycles. The van der Waals surface area contributed by atoms with Crippen LogP contribution in [0.5, 0.6) is 0 Å². The van der Waals surface area contributed by atoms with Crippen molar-refractivity contribution in [1.29, 1.82) is 0 Å². The molecule has 1 aromatic rings. The summed E-state index contributed by atoms with van der Waals surface area (Å²) in [7, 11) is 0. The van der Waals surface area contributed by atoms with Crippen molar-refractivity contribution in [2.75, 3.05) is 0 Å². The van der Waals surface area contributed by atoms with E-state index >= 15 is 0 Å². The number of carbonyl (C=O) groups excluding carboxylic acids is 1. The van der Waals surface area contributed by atoms with E-state index in [4.69, 9.17) is 11.2 Å². The van der Waals surface area contributed by atoms with Gasteiger partial charge in [0.15, 0.2) is 5.60 Å². The van der Waals surface area contributed by atoms with Crippen LogP contribution in [0.25, 0.3) is 0 Å². The van der Waals surface area contributed by atoms with Crippen LogP contribution >= 0.6 is 0 Å². The Morgan fingerprint density at radius 3 is 2.72 bits per heavy atom. The zero-order valence-corrected chi connectivity index (χ0v) is 10.7. The first-order chi connectivity index (χ1) is 8.68. The first-order valence-electron chi connectivity index (χ1n) is 6.40. The number of hydrogen-bond donors (Lipinski definition) is 0. The molecule has 0 heterocycles. The second-order valence-corrected chi connectivity index (χ2v) is 4.84. The third-order valence-electron chi connectivity index (χ3n) is 3.63. The Morgan fingerprint density at radius 1 is 1.39 bits per heavy atom. The molecule has 0 aliphatic heterocycles. The van der Waals surface area contributed by atoms with Crippen LogP contribution < -0.4 is 0 Å². The SMILES string of the molecule is C#CC1(OC(C)=O)CCCCC1c1ccccc1. The summed E-state index contributed by atoms with van der Waals surface area (Å²) >= 11 is 0. The van der Waals surface area contributed by atoms with Crippen LogP contribution in [0.15, 0.2) is 30.3 Å². The maximum absolute atomic E-state index is 11.3. The Morgan fingerprint density at radius 2 is 2.11 bits per heavy atom. The van der Waals surface area contributed by atoms with Gasteiger partial charge >= 0.3 is 5.97 Å². The van der Waals surface area contributed by atoms with Crippen LogP contribution in [0, 0.1) is 12.3 Å². The minimum atomic E-state index is -0.758. The predicted octanol–water partition coefficient (Wildman–Crippen LogP) is 3.28. The summed E-state index contributed by atoms with van der Waals surface area (Å²) in [6, 6.07) is 10.1.